The summed E-state index contributed by atoms with van der Waals surface area (Å²) in [6, 6.07) is 6.14. The SMILES string of the molecule is CCOC(=O)CNCc1ccc(C)cc1Br. The maximum absolute atomic E-state index is 11.1. The average molecular weight is 286 g/mol. The highest BCUT2D eigenvalue weighted by molar-refractivity contribution is 9.10. The van der Waals surface area contributed by atoms with E-state index in [0.717, 1.165) is 10.0 Å². The molecule has 0 atom stereocenters. The molecule has 0 aromatic heterocycles. The van der Waals surface area contributed by atoms with Gasteiger partial charge in [-0.2, -0.15) is 0 Å². The lowest BCUT2D eigenvalue weighted by Gasteiger charge is -2.07. The molecule has 0 bridgehead atoms. The molecule has 0 saturated heterocycles. The van der Waals surface area contributed by atoms with Gasteiger partial charge in [-0.25, -0.2) is 0 Å². The van der Waals surface area contributed by atoms with Gasteiger partial charge in [0.1, 0.15) is 0 Å². The molecule has 0 saturated carbocycles. The Morgan fingerprint density at radius 3 is 2.88 bits per heavy atom. The number of rotatable bonds is 5. The van der Waals surface area contributed by atoms with Crippen LogP contribution in [-0.2, 0) is 16.1 Å². The molecule has 0 spiro atoms. The molecular formula is C12H16BrNO2. The van der Waals surface area contributed by atoms with Gasteiger partial charge in [0, 0.05) is 11.0 Å². The van der Waals surface area contributed by atoms with Crippen molar-refractivity contribution in [3.05, 3.63) is 33.8 Å². The second-order valence-electron chi connectivity index (χ2n) is 3.50. The molecule has 0 aliphatic carbocycles. The van der Waals surface area contributed by atoms with Crippen LogP contribution in [0, 0.1) is 6.92 Å². The normalized spacial score (nSPS) is 10.2. The highest BCUT2D eigenvalue weighted by atomic mass is 79.9. The van der Waals surface area contributed by atoms with Crippen LogP contribution in [0.3, 0.4) is 0 Å². The number of benzene rings is 1. The van der Waals surface area contributed by atoms with E-state index < -0.39 is 0 Å². The van der Waals surface area contributed by atoms with Crippen molar-refractivity contribution in [1.29, 1.82) is 0 Å². The molecule has 0 aliphatic rings. The molecular weight excluding hydrogens is 270 g/mol. The van der Waals surface area contributed by atoms with Gasteiger partial charge < -0.3 is 10.1 Å². The summed E-state index contributed by atoms with van der Waals surface area (Å²) in [7, 11) is 0. The van der Waals surface area contributed by atoms with Gasteiger partial charge in [0.25, 0.3) is 0 Å². The first-order valence-electron chi connectivity index (χ1n) is 5.25. The topological polar surface area (TPSA) is 38.3 Å². The summed E-state index contributed by atoms with van der Waals surface area (Å²) in [6.07, 6.45) is 0. The van der Waals surface area contributed by atoms with Crippen molar-refractivity contribution < 1.29 is 9.53 Å². The largest absolute Gasteiger partial charge is 0.465 e. The third-order valence-corrected chi connectivity index (χ3v) is 2.84. The highest BCUT2D eigenvalue weighted by Crippen LogP contribution is 2.17. The smallest absolute Gasteiger partial charge is 0.319 e. The number of carbonyl (C=O) groups excluding carboxylic acids is 1. The van der Waals surface area contributed by atoms with Crippen LogP contribution >= 0.6 is 15.9 Å². The van der Waals surface area contributed by atoms with Crippen LogP contribution in [0.15, 0.2) is 22.7 Å². The first-order chi connectivity index (χ1) is 7.63. The lowest BCUT2D eigenvalue weighted by Crippen LogP contribution is -2.24. The molecule has 88 valence electrons. The van der Waals surface area contributed by atoms with Gasteiger partial charge >= 0.3 is 5.97 Å². The molecule has 0 unspecified atom stereocenters. The third kappa shape index (κ3) is 4.33. The van der Waals surface area contributed by atoms with E-state index in [0.29, 0.717) is 13.2 Å². The molecule has 0 radical (unpaired) electrons. The minimum Gasteiger partial charge on any atom is -0.465 e. The summed E-state index contributed by atoms with van der Waals surface area (Å²) in [5.41, 5.74) is 2.34. The van der Waals surface area contributed by atoms with E-state index in [-0.39, 0.29) is 12.5 Å². The monoisotopic (exact) mass is 285 g/mol. The van der Waals surface area contributed by atoms with Gasteiger partial charge in [-0.05, 0) is 31.0 Å². The maximum Gasteiger partial charge on any atom is 0.319 e. The molecule has 4 heteroatoms. The van der Waals surface area contributed by atoms with Gasteiger partial charge in [-0.1, -0.05) is 28.1 Å². The minimum atomic E-state index is -0.217. The van der Waals surface area contributed by atoms with Gasteiger partial charge in [-0.15, -0.1) is 0 Å². The van der Waals surface area contributed by atoms with Gasteiger partial charge in [0.15, 0.2) is 0 Å². The first-order valence-corrected chi connectivity index (χ1v) is 6.04. The zero-order chi connectivity index (χ0) is 12.0. The van der Waals surface area contributed by atoms with Crippen LogP contribution in [0.2, 0.25) is 0 Å². The number of hydrogen-bond acceptors (Lipinski definition) is 3. The quantitative estimate of drug-likeness (QED) is 0.845. The molecule has 0 amide bonds. The summed E-state index contributed by atoms with van der Waals surface area (Å²) >= 11 is 3.49. The van der Waals surface area contributed by atoms with Crippen molar-refractivity contribution in [2.45, 2.75) is 20.4 Å². The summed E-state index contributed by atoms with van der Waals surface area (Å²) in [4.78, 5) is 11.1. The molecule has 0 heterocycles. The molecule has 16 heavy (non-hydrogen) atoms. The van der Waals surface area contributed by atoms with Gasteiger partial charge in [-0.3, -0.25) is 4.79 Å². The fourth-order valence-electron chi connectivity index (χ4n) is 1.31. The van der Waals surface area contributed by atoms with Crippen LogP contribution in [0.25, 0.3) is 0 Å². The zero-order valence-corrected chi connectivity index (χ0v) is 11.1. The summed E-state index contributed by atoms with van der Waals surface area (Å²) in [5.74, 6) is -0.217. The van der Waals surface area contributed by atoms with Crippen LogP contribution in [-0.4, -0.2) is 19.1 Å². The molecule has 1 aromatic rings. The average Bonchev–Trinajstić information content (AvgIpc) is 2.22. The Labute approximate surface area is 104 Å². The fourth-order valence-corrected chi connectivity index (χ4v) is 1.94. The molecule has 0 fully saturated rings. The summed E-state index contributed by atoms with van der Waals surface area (Å²) in [6.45, 7) is 5.16. The summed E-state index contributed by atoms with van der Waals surface area (Å²) in [5, 5.41) is 3.04. The predicted octanol–water partition coefficient (Wildman–Crippen LogP) is 2.41. The van der Waals surface area contributed by atoms with E-state index >= 15 is 0 Å². The van der Waals surface area contributed by atoms with Crippen molar-refractivity contribution in [2.75, 3.05) is 13.2 Å². The van der Waals surface area contributed by atoms with Gasteiger partial charge in [0.2, 0.25) is 0 Å². The van der Waals surface area contributed by atoms with Crippen molar-refractivity contribution in [3.63, 3.8) is 0 Å². The zero-order valence-electron chi connectivity index (χ0n) is 9.55. The first kappa shape index (κ1) is 13.2. The Bertz CT molecular complexity index is 366. The number of halogens is 1. The van der Waals surface area contributed by atoms with E-state index in [1.807, 2.05) is 19.1 Å². The van der Waals surface area contributed by atoms with E-state index in [1.54, 1.807) is 6.92 Å². The minimum absolute atomic E-state index is 0.217. The van der Waals surface area contributed by atoms with Crippen molar-refractivity contribution in [3.8, 4) is 0 Å². The lowest BCUT2D eigenvalue weighted by molar-refractivity contribution is -0.142. The molecule has 3 nitrogen and oxygen atoms in total. The number of hydrogen-bond donors (Lipinski definition) is 1. The number of ether oxygens (including phenoxy) is 1. The maximum atomic E-state index is 11.1. The van der Waals surface area contributed by atoms with Crippen LogP contribution < -0.4 is 5.32 Å². The Hall–Kier alpha value is -0.870. The fraction of sp³-hybridized carbons (Fsp3) is 0.417. The van der Waals surface area contributed by atoms with E-state index in [4.69, 9.17) is 4.74 Å². The standard InChI is InChI=1S/C12H16BrNO2/c1-3-16-12(15)8-14-7-10-5-4-9(2)6-11(10)13/h4-6,14H,3,7-8H2,1-2H3. The number of carbonyl (C=O) groups is 1. The van der Waals surface area contributed by atoms with Crippen molar-refractivity contribution in [1.82, 2.24) is 5.32 Å². The van der Waals surface area contributed by atoms with E-state index in [1.165, 1.54) is 5.56 Å². The van der Waals surface area contributed by atoms with Crippen molar-refractivity contribution >= 4 is 21.9 Å². The third-order valence-electron chi connectivity index (χ3n) is 2.10. The van der Waals surface area contributed by atoms with Crippen LogP contribution in [0.1, 0.15) is 18.1 Å². The predicted molar refractivity (Wildman–Crippen MR) is 67.2 cm³/mol. The van der Waals surface area contributed by atoms with Crippen LogP contribution in [0.5, 0.6) is 0 Å². The Morgan fingerprint density at radius 1 is 1.50 bits per heavy atom. The molecule has 1 rings (SSSR count). The number of aryl methyl sites for hydroxylation is 1. The van der Waals surface area contributed by atoms with E-state index in [9.17, 15) is 4.79 Å². The van der Waals surface area contributed by atoms with Crippen LogP contribution in [0.4, 0.5) is 0 Å². The van der Waals surface area contributed by atoms with Crippen molar-refractivity contribution in [2.24, 2.45) is 0 Å². The second kappa shape index (κ2) is 6.66. The summed E-state index contributed by atoms with van der Waals surface area (Å²) < 4.78 is 5.88. The second-order valence-corrected chi connectivity index (χ2v) is 4.36. The van der Waals surface area contributed by atoms with Gasteiger partial charge in [0.05, 0.1) is 13.2 Å². The molecule has 1 aromatic carbocycles. The number of esters is 1. The Morgan fingerprint density at radius 2 is 2.25 bits per heavy atom. The number of nitrogens with one attached hydrogen (secondary N) is 1. The lowest BCUT2D eigenvalue weighted by atomic mass is 10.1. The van der Waals surface area contributed by atoms with E-state index in [2.05, 4.69) is 27.3 Å². The molecule has 0 aliphatic heterocycles. The Balaban J connectivity index is 2.40. The Kier molecular flexibility index (Phi) is 5.49. The highest BCUT2D eigenvalue weighted by Gasteiger charge is 2.03. The molecule has 1 N–H and O–H groups in total.